The minimum absolute atomic E-state index is 0.0357. The molecule has 0 bridgehead atoms. The van der Waals surface area contributed by atoms with E-state index < -0.39 is 11.9 Å². The molecule has 4 nitrogen and oxygen atoms in total. The molecule has 1 amide bonds. The standard InChI is InChI=1S/C16H25NO3/c1-3-8-17(12-6-4-5-7-12)15(18)13-9-11(2)10-14(13)16(19)20/h3,11-14H,1,4-10H2,2H3,(H,19,20). The number of hydrogen-bond donors (Lipinski definition) is 1. The molecule has 0 saturated heterocycles. The smallest absolute Gasteiger partial charge is 0.307 e. The Hall–Kier alpha value is -1.32. The van der Waals surface area contributed by atoms with Gasteiger partial charge in [-0.05, 0) is 31.6 Å². The van der Waals surface area contributed by atoms with Crippen LogP contribution in [0.4, 0.5) is 0 Å². The zero-order valence-corrected chi connectivity index (χ0v) is 12.3. The van der Waals surface area contributed by atoms with E-state index in [1.54, 1.807) is 6.08 Å². The average Bonchev–Trinajstić information content (AvgIpc) is 3.04. The Bertz CT molecular complexity index is 383. The maximum atomic E-state index is 12.8. The molecule has 2 rings (SSSR count). The van der Waals surface area contributed by atoms with Crippen molar-refractivity contribution in [1.29, 1.82) is 0 Å². The summed E-state index contributed by atoms with van der Waals surface area (Å²) in [6.45, 7) is 6.32. The predicted molar refractivity (Wildman–Crippen MR) is 77.2 cm³/mol. The maximum absolute atomic E-state index is 12.8. The van der Waals surface area contributed by atoms with Gasteiger partial charge in [0.15, 0.2) is 0 Å². The largest absolute Gasteiger partial charge is 0.481 e. The van der Waals surface area contributed by atoms with E-state index in [0.29, 0.717) is 25.3 Å². The van der Waals surface area contributed by atoms with Gasteiger partial charge in [0.2, 0.25) is 5.91 Å². The van der Waals surface area contributed by atoms with Gasteiger partial charge in [0.05, 0.1) is 11.8 Å². The van der Waals surface area contributed by atoms with Crippen molar-refractivity contribution in [3.8, 4) is 0 Å². The Morgan fingerprint density at radius 3 is 2.40 bits per heavy atom. The minimum Gasteiger partial charge on any atom is -0.481 e. The zero-order chi connectivity index (χ0) is 14.7. The van der Waals surface area contributed by atoms with Crippen LogP contribution in [0.25, 0.3) is 0 Å². The molecule has 0 radical (unpaired) electrons. The third-order valence-corrected chi connectivity index (χ3v) is 4.81. The second kappa shape index (κ2) is 6.42. The second-order valence-electron chi connectivity index (χ2n) is 6.35. The summed E-state index contributed by atoms with van der Waals surface area (Å²) in [7, 11) is 0. The van der Waals surface area contributed by atoms with E-state index >= 15 is 0 Å². The molecule has 2 fully saturated rings. The molecule has 0 aliphatic heterocycles. The summed E-state index contributed by atoms with van der Waals surface area (Å²) >= 11 is 0. The molecule has 0 aromatic rings. The molecule has 2 aliphatic carbocycles. The van der Waals surface area contributed by atoms with E-state index in [0.717, 1.165) is 25.7 Å². The number of amides is 1. The van der Waals surface area contributed by atoms with Crippen molar-refractivity contribution in [2.24, 2.45) is 17.8 Å². The number of carboxylic acids is 1. The van der Waals surface area contributed by atoms with Crippen LogP contribution in [0.2, 0.25) is 0 Å². The van der Waals surface area contributed by atoms with E-state index in [1.807, 2.05) is 11.8 Å². The third-order valence-electron chi connectivity index (χ3n) is 4.81. The first kappa shape index (κ1) is 15.1. The summed E-state index contributed by atoms with van der Waals surface area (Å²) in [6.07, 6.45) is 7.49. The minimum atomic E-state index is -0.822. The molecule has 2 aliphatic rings. The van der Waals surface area contributed by atoms with Gasteiger partial charge in [-0.15, -0.1) is 6.58 Å². The molecule has 3 atom stereocenters. The number of carbonyl (C=O) groups is 2. The fourth-order valence-electron chi connectivity index (χ4n) is 3.82. The molecular formula is C16H25NO3. The topological polar surface area (TPSA) is 57.6 Å². The lowest BCUT2D eigenvalue weighted by Crippen LogP contribution is -2.44. The Labute approximate surface area is 120 Å². The van der Waals surface area contributed by atoms with Crippen LogP contribution in [0.3, 0.4) is 0 Å². The fraction of sp³-hybridized carbons (Fsp3) is 0.750. The van der Waals surface area contributed by atoms with Gasteiger partial charge >= 0.3 is 5.97 Å². The van der Waals surface area contributed by atoms with Gasteiger partial charge in [0, 0.05) is 12.6 Å². The predicted octanol–water partition coefficient (Wildman–Crippen LogP) is 2.69. The lowest BCUT2D eigenvalue weighted by molar-refractivity contribution is -0.149. The summed E-state index contributed by atoms with van der Waals surface area (Å²) < 4.78 is 0. The van der Waals surface area contributed by atoms with Crippen molar-refractivity contribution in [3.63, 3.8) is 0 Å². The lowest BCUT2D eigenvalue weighted by atomic mass is 9.94. The molecule has 20 heavy (non-hydrogen) atoms. The maximum Gasteiger partial charge on any atom is 0.307 e. The molecular weight excluding hydrogens is 254 g/mol. The summed E-state index contributed by atoms with van der Waals surface area (Å²) in [6, 6.07) is 0.283. The van der Waals surface area contributed by atoms with Crippen LogP contribution in [0.15, 0.2) is 12.7 Å². The van der Waals surface area contributed by atoms with Gasteiger partial charge in [-0.25, -0.2) is 0 Å². The number of nitrogens with zero attached hydrogens (tertiary/aromatic N) is 1. The van der Waals surface area contributed by atoms with Crippen molar-refractivity contribution >= 4 is 11.9 Å². The monoisotopic (exact) mass is 279 g/mol. The highest BCUT2D eigenvalue weighted by Crippen LogP contribution is 2.38. The number of hydrogen-bond acceptors (Lipinski definition) is 2. The molecule has 0 heterocycles. The lowest BCUT2D eigenvalue weighted by Gasteiger charge is -2.31. The summed E-state index contributed by atoms with van der Waals surface area (Å²) in [5.41, 5.74) is 0. The van der Waals surface area contributed by atoms with Crippen LogP contribution >= 0.6 is 0 Å². The molecule has 0 aromatic heterocycles. The van der Waals surface area contributed by atoms with Gasteiger partial charge in [-0.1, -0.05) is 25.8 Å². The number of rotatable bonds is 5. The normalized spacial score (nSPS) is 30.4. The Kier molecular flexibility index (Phi) is 4.84. The summed E-state index contributed by atoms with van der Waals surface area (Å²) in [5, 5.41) is 9.34. The van der Waals surface area contributed by atoms with Crippen LogP contribution in [0.1, 0.15) is 45.4 Å². The third kappa shape index (κ3) is 3.05. The molecule has 0 aromatic carbocycles. The molecule has 2 saturated carbocycles. The van der Waals surface area contributed by atoms with Crippen LogP contribution in [-0.2, 0) is 9.59 Å². The highest BCUT2D eigenvalue weighted by Gasteiger charge is 2.43. The van der Waals surface area contributed by atoms with E-state index in [-0.39, 0.29) is 17.9 Å². The van der Waals surface area contributed by atoms with Gasteiger partial charge in [-0.3, -0.25) is 9.59 Å². The van der Waals surface area contributed by atoms with Gasteiger partial charge < -0.3 is 10.0 Å². The van der Waals surface area contributed by atoms with Gasteiger partial charge in [0.1, 0.15) is 0 Å². The molecule has 4 heteroatoms. The first-order valence-electron chi connectivity index (χ1n) is 7.68. The Morgan fingerprint density at radius 2 is 1.85 bits per heavy atom. The quantitative estimate of drug-likeness (QED) is 0.787. The van der Waals surface area contributed by atoms with E-state index in [4.69, 9.17) is 0 Å². The number of aliphatic carboxylic acids is 1. The summed E-state index contributed by atoms with van der Waals surface area (Å²) in [5.74, 6) is -1.32. The highest BCUT2D eigenvalue weighted by molar-refractivity contribution is 5.85. The number of carboxylic acid groups (broad SMARTS) is 1. The first-order chi connectivity index (χ1) is 9.54. The second-order valence-corrected chi connectivity index (χ2v) is 6.35. The molecule has 1 N–H and O–H groups in total. The van der Waals surface area contributed by atoms with Crippen LogP contribution in [-0.4, -0.2) is 34.5 Å². The van der Waals surface area contributed by atoms with Crippen LogP contribution in [0, 0.1) is 17.8 Å². The Balaban J connectivity index is 2.13. The first-order valence-corrected chi connectivity index (χ1v) is 7.68. The van der Waals surface area contributed by atoms with Crippen LogP contribution in [0.5, 0.6) is 0 Å². The highest BCUT2D eigenvalue weighted by atomic mass is 16.4. The van der Waals surface area contributed by atoms with Crippen molar-refractivity contribution in [1.82, 2.24) is 4.90 Å². The Morgan fingerprint density at radius 1 is 1.25 bits per heavy atom. The van der Waals surface area contributed by atoms with Crippen LogP contribution < -0.4 is 0 Å². The van der Waals surface area contributed by atoms with Gasteiger partial charge in [-0.2, -0.15) is 0 Å². The zero-order valence-electron chi connectivity index (χ0n) is 12.3. The van der Waals surface area contributed by atoms with Crippen molar-refractivity contribution in [2.45, 2.75) is 51.5 Å². The molecule has 112 valence electrons. The summed E-state index contributed by atoms with van der Waals surface area (Å²) in [4.78, 5) is 26.1. The molecule has 0 spiro atoms. The SMILES string of the molecule is C=CCN(C(=O)C1CC(C)CC1C(=O)O)C1CCCC1. The van der Waals surface area contributed by atoms with Crippen molar-refractivity contribution < 1.29 is 14.7 Å². The van der Waals surface area contributed by atoms with E-state index in [1.165, 1.54) is 0 Å². The number of carbonyl (C=O) groups excluding carboxylic acids is 1. The average molecular weight is 279 g/mol. The molecule has 3 unspecified atom stereocenters. The van der Waals surface area contributed by atoms with Crippen molar-refractivity contribution in [2.75, 3.05) is 6.54 Å². The van der Waals surface area contributed by atoms with E-state index in [2.05, 4.69) is 6.58 Å². The van der Waals surface area contributed by atoms with Gasteiger partial charge in [0.25, 0.3) is 0 Å². The van der Waals surface area contributed by atoms with Crippen molar-refractivity contribution in [3.05, 3.63) is 12.7 Å². The fourth-order valence-corrected chi connectivity index (χ4v) is 3.82. The van der Waals surface area contributed by atoms with E-state index in [9.17, 15) is 14.7 Å².